The van der Waals surface area contributed by atoms with Crippen LogP contribution in [0.2, 0.25) is 0 Å². The van der Waals surface area contributed by atoms with Crippen molar-refractivity contribution in [3.63, 3.8) is 0 Å². The Morgan fingerprint density at radius 1 is 1.31 bits per heavy atom. The van der Waals surface area contributed by atoms with E-state index in [-0.39, 0.29) is 36.0 Å². The van der Waals surface area contributed by atoms with Crippen LogP contribution >= 0.6 is 11.3 Å². The van der Waals surface area contributed by atoms with Crippen LogP contribution in [0, 0.1) is 5.92 Å². The van der Waals surface area contributed by atoms with E-state index in [0.29, 0.717) is 24.8 Å². The van der Waals surface area contributed by atoms with Gasteiger partial charge in [0.15, 0.2) is 0 Å². The van der Waals surface area contributed by atoms with E-state index in [2.05, 4.69) is 27.1 Å². The molecule has 1 atom stereocenters. The van der Waals surface area contributed by atoms with Crippen molar-refractivity contribution in [3.05, 3.63) is 23.0 Å². The molecular weight excluding hydrogens is 390 g/mol. The van der Waals surface area contributed by atoms with Crippen molar-refractivity contribution in [3.8, 4) is 0 Å². The molecule has 0 radical (unpaired) electrons. The maximum absolute atomic E-state index is 13.0. The van der Waals surface area contributed by atoms with Gasteiger partial charge in [-0.15, -0.1) is 10.2 Å². The maximum Gasteiger partial charge on any atom is 0.229 e. The molecule has 0 aromatic carbocycles. The van der Waals surface area contributed by atoms with E-state index < -0.39 is 0 Å². The molecule has 4 heterocycles. The van der Waals surface area contributed by atoms with Crippen LogP contribution in [0.4, 0.5) is 11.1 Å². The van der Waals surface area contributed by atoms with Crippen molar-refractivity contribution >= 4 is 34.2 Å². The number of anilines is 2. The Hall–Kier alpha value is -2.62. The third kappa shape index (κ3) is 4.21. The highest BCUT2D eigenvalue weighted by Crippen LogP contribution is 2.31. The summed E-state index contributed by atoms with van der Waals surface area (Å²) in [6.45, 7) is 3.80. The van der Waals surface area contributed by atoms with Gasteiger partial charge in [0.25, 0.3) is 0 Å². The van der Waals surface area contributed by atoms with E-state index in [9.17, 15) is 9.59 Å². The van der Waals surface area contributed by atoms with E-state index in [1.165, 1.54) is 11.3 Å². The summed E-state index contributed by atoms with van der Waals surface area (Å²) in [7, 11) is 0. The smallest absolute Gasteiger partial charge is 0.229 e. The van der Waals surface area contributed by atoms with Gasteiger partial charge in [0.2, 0.25) is 22.9 Å². The van der Waals surface area contributed by atoms with Gasteiger partial charge in [-0.3, -0.25) is 14.5 Å². The van der Waals surface area contributed by atoms with Crippen LogP contribution in [-0.4, -0.2) is 56.5 Å². The molecule has 2 aromatic rings. The summed E-state index contributed by atoms with van der Waals surface area (Å²) in [5, 5.41) is 9.83. The highest BCUT2D eigenvalue weighted by Gasteiger charge is 2.39. The number of nitrogens with zero attached hydrogens (tertiary/aromatic N) is 6. The molecule has 2 aliphatic heterocycles. The number of carbonyl (C=O) groups excluding carboxylic acids is 2. The van der Waals surface area contributed by atoms with Crippen molar-refractivity contribution in [1.82, 2.24) is 25.1 Å². The number of nitrogens with two attached hydrogens (primary N) is 1. The SMILES string of the molecule is CCCc1nnc(N2CC(C(=O)N3CCC(c4ccnc(N)n4)CC3)CC2=O)s1. The first-order chi connectivity index (χ1) is 14.0. The van der Waals surface area contributed by atoms with Crippen LogP contribution < -0.4 is 10.6 Å². The van der Waals surface area contributed by atoms with Crippen molar-refractivity contribution in [2.75, 3.05) is 30.3 Å². The zero-order chi connectivity index (χ0) is 20.4. The molecule has 2 fully saturated rings. The zero-order valence-corrected chi connectivity index (χ0v) is 17.3. The van der Waals surface area contributed by atoms with Crippen molar-refractivity contribution in [2.24, 2.45) is 5.92 Å². The Labute approximate surface area is 173 Å². The summed E-state index contributed by atoms with van der Waals surface area (Å²) in [6, 6.07) is 1.89. The second kappa shape index (κ2) is 8.40. The topological polar surface area (TPSA) is 118 Å². The Morgan fingerprint density at radius 3 is 2.83 bits per heavy atom. The summed E-state index contributed by atoms with van der Waals surface area (Å²) >= 11 is 1.44. The molecule has 2 saturated heterocycles. The first-order valence-corrected chi connectivity index (χ1v) is 10.9. The average Bonchev–Trinajstić information content (AvgIpc) is 3.34. The Balaban J connectivity index is 1.35. The van der Waals surface area contributed by atoms with Crippen molar-refractivity contribution in [2.45, 2.75) is 44.9 Å². The fourth-order valence-corrected chi connectivity index (χ4v) is 4.96. The number of carbonyl (C=O) groups is 2. The number of hydrogen-bond donors (Lipinski definition) is 1. The molecule has 0 spiro atoms. The summed E-state index contributed by atoms with van der Waals surface area (Å²) < 4.78 is 0. The number of aryl methyl sites for hydroxylation is 1. The van der Waals surface area contributed by atoms with Crippen molar-refractivity contribution in [1.29, 1.82) is 0 Å². The fraction of sp³-hybridized carbons (Fsp3) is 0.579. The number of amides is 2. The van der Waals surface area contributed by atoms with Gasteiger partial charge in [0.05, 0.1) is 5.92 Å². The molecule has 1 unspecified atom stereocenters. The molecule has 2 amide bonds. The number of piperidine rings is 1. The molecule has 4 rings (SSSR count). The number of nitrogen functional groups attached to an aromatic ring is 1. The maximum atomic E-state index is 13.0. The molecule has 2 aromatic heterocycles. The Morgan fingerprint density at radius 2 is 2.10 bits per heavy atom. The molecule has 29 heavy (non-hydrogen) atoms. The van der Waals surface area contributed by atoms with Crippen LogP contribution in [0.1, 0.15) is 49.2 Å². The van der Waals surface area contributed by atoms with Crippen LogP contribution in [0.25, 0.3) is 0 Å². The lowest BCUT2D eigenvalue weighted by molar-refractivity contribution is -0.136. The third-order valence-corrected chi connectivity index (χ3v) is 6.55. The second-order valence-corrected chi connectivity index (χ2v) is 8.61. The number of likely N-dealkylation sites (tertiary alicyclic amines) is 1. The first kappa shape index (κ1) is 19.7. The molecule has 0 bridgehead atoms. The van der Waals surface area contributed by atoms with Crippen molar-refractivity contribution < 1.29 is 9.59 Å². The Kier molecular flexibility index (Phi) is 5.70. The molecule has 154 valence electrons. The highest BCUT2D eigenvalue weighted by atomic mass is 32.1. The van der Waals surface area contributed by atoms with Gasteiger partial charge < -0.3 is 10.6 Å². The van der Waals surface area contributed by atoms with E-state index in [0.717, 1.165) is 36.4 Å². The van der Waals surface area contributed by atoms with Gasteiger partial charge in [-0.1, -0.05) is 18.3 Å². The Bertz CT molecular complexity index is 894. The minimum atomic E-state index is -0.313. The second-order valence-electron chi connectivity index (χ2n) is 7.57. The number of rotatable bonds is 5. The molecule has 2 N–H and O–H groups in total. The van der Waals surface area contributed by atoms with Gasteiger partial charge in [0, 0.05) is 50.3 Å². The van der Waals surface area contributed by atoms with Gasteiger partial charge in [-0.2, -0.15) is 0 Å². The summed E-state index contributed by atoms with van der Waals surface area (Å²) in [6.07, 6.45) is 5.43. The summed E-state index contributed by atoms with van der Waals surface area (Å²) in [4.78, 5) is 37.2. The standard InChI is InChI=1S/C19H25N7O2S/c1-2-3-15-23-24-19(29-15)26-11-13(10-16(26)27)17(28)25-8-5-12(6-9-25)14-4-7-21-18(20)22-14/h4,7,12-13H,2-3,5-6,8-11H2,1H3,(H2,20,21,22). The van der Waals surface area contributed by atoms with Crippen LogP contribution in [0.15, 0.2) is 12.3 Å². The minimum Gasteiger partial charge on any atom is -0.368 e. The predicted molar refractivity (Wildman–Crippen MR) is 109 cm³/mol. The molecule has 9 nitrogen and oxygen atoms in total. The normalized spacial score (nSPS) is 20.4. The quantitative estimate of drug-likeness (QED) is 0.788. The van der Waals surface area contributed by atoms with Gasteiger partial charge in [-0.05, 0) is 25.3 Å². The van der Waals surface area contributed by atoms with Gasteiger partial charge in [0.1, 0.15) is 5.01 Å². The summed E-state index contributed by atoms with van der Waals surface area (Å²) in [5.41, 5.74) is 6.62. The average molecular weight is 416 g/mol. The van der Waals surface area contributed by atoms with Crippen LogP contribution in [0.3, 0.4) is 0 Å². The lowest BCUT2D eigenvalue weighted by Gasteiger charge is -2.33. The number of hydrogen-bond acceptors (Lipinski definition) is 8. The lowest BCUT2D eigenvalue weighted by atomic mass is 9.92. The molecule has 10 heteroatoms. The highest BCUT2D eigenvalue weighted by molar-refractivity contribution is 7.15. The fourth-order valence-electron chi connectivity index (χ4n) is 4.00. The largest absolute Gasteiger partial charge is 0.368 e. The van der Waals surface area contributed by atoms with E-state index in [1.807, 2.05) is 11.0 Å². The predicted octanol–water partition coefficient (Wildman–Crippen LogP) is 1.62. The number of aromatic nitrogens is 4. The van der Waals surface area contributed by atoms with Crippen LogP contribution in [-0.2, 0) is 16.0 Å². The minimum absolute atomic E-state index is 0.0473. The van der Waals surface area contributed by atoms with Gasteiger partial charge >= 0.3 is 0 Å². The first-order valence-electron chi connectivity index (χ1n) is 10.0. The summed E-state index contributed by atoms with van der Waals surface area (Å²) in [5.74, 6) is 0.259. The third-order valence-electron chi connectivity index (χ3n) is 5.55. The molecule has 2 aliphatic rings. The monoisotopic (exact) mass is 415 g/mol. The zero-order valence-electron chi connectivity index (χ0n) is 16.5. The molecule has 0 saturated carbocycles. The van der Waals surface area contributed by atoms with E-state index in [4.69, 9.17) is 5.73 Å². The van der Waals surface area contributed by atoms with E-state index in [1.54, 1.807) is 11.1 Å². The van der Waals surface area contributed by atoms with E-state index >= 15 is 0 Å². The molecular formula is C19H25N7O2S. The van der Waals surface area contributed by atoms with Gasteiger partial charge in [-0.25, -0.2) is 9.97 Å². The van der Waals surface area contributed by atoms with Crippen LogP contribution in [0.5, 0.6) is 0 Å². The lowest BCUT2D eigenvalue weighted by Crippen LogP contribution is -2.42. The molecule has 0 aliphatic carbocycles.